The Hall–Kier alpha value is -0.870. The molecule has 15 heavy (non-hydrogen) atoms. The zero-order valence-electron chi connectivity index (χ0n) is 9.49. The van der Waals surface area contributed by atoms with Gasteiger partial charge in [-0.1, -0.05) is 6.58 Å². The highest BCUT2D eigenvalue weighted by Gasteiger charge is 2.22. The molecule has 0 spiro atoms. The Labute approximate surface area is 90.8 Å². The molecular formula is C11H19NO3. The van der Waals surface area contributed by atoms with Crippen molar-refractivity contribution < 1.29 is 14.3 Å². The topological polar surface area (TPSA) is 38.8 Å². The predicted octanol–water partition coefficient (Wildman–Crippen LogP) is 0.826. The maximum absolute atomic E-state index is 11.3. The van der Waals surface area contributed by atoms with Crippen molar-refractivity contribution in [3.63, 3.8) is 0 Å². The zero-order chi connectivity index (χ0) is 11.3. The first-order valence-electron chi connectivity index (χ1n) is 5.28. The molecule has 1 aliphatic rings. The summed E-state index contributed by atoms with van der Waals surface area (Å²) in [5, 5.41) is 0. The van der Waals surface area contributed by atoms with Gasteiger partial charge in [0, 0.05) is 24.8 Å². The standard InChI is InChI=1S/C11H19NO3/c1-4-15-11(13)9(2)7-12(3)10-5-6-14-8-10/h10H,2,4-8H2,1,3H3. The van der Waals surface area contributed by atoms with Gasteiger partial charge in [-0.05, 0) is 20.4 Å². The monoisotopic (exact) mass is 213 g/mol. The van der Waals surface area contributed by atoms with Gasteiger partial charge in [0.05, 0.1) is 13.2 Å². The van der Waals surface area contributed by atoms with Crippen LogP contribution in [0.4, 0.5) is 0 Å². The molecule has 86 valence electrons. The molecule has 0 aromatic carbocycles. The fourth-order valence-electron chi connectivity index (χ4n) is 1.60. The Morgan fingerprint density at radius 3 is 2.93 bits per heavy atom. The second kappa shape index (κ2) is 5.88. The number of esters is 1. The summed E-state index contributed by atoms with van der Waals surface area (Å²) in [6.07, 6.45) is 1.02. The van der Waals surface area contributed by atoms with E-state index >= 15 is 0 Å². The van der Waals surface area contributed by atoms with Crippen molar-refractivity contribution in [3.8, 4) is 0 Å². The van der Waals surface area contributed by atoms with E-state index < -0.39 is 0 Å². The summed E-state index contributed by atoms with van der Waals surface area (Å²) in [4.78, 5) is 13.4. The van der Waals surface area contributed by atoms with Gasteiger partial charge in [-0.15, -0.1) is 0 Å². The van der Waals surface area contributed by atoms with E-state index in [9.17, 15) is 4.79 Å². The third kappa shape index (κ3) is 3.64. The molecule has 1 fully saturated rings. The quantitative estimate of drug-likeness (QED) is 0.501. The van der Waals surface area contributed by atoms with Gasteiger partial charge in [0.1, 0.15) is 0 Å². The molecule has 1 atom stereocenters. The van der Waals surface area contributed by atoms with Gasteiger partial charge < -0.3 is 9.47 Å². The zero-order valence-corrected chi connectivity index (χ0v) is 9.49. The SMILES string of the molecule is C=C(CN(C)C1CCOC1)C(=O)OCC. The van der Waals surface area contributed by atoms with Crippen molar-refractivity contribution in [2.24, 2.45) is 0 Å². The molecule has 0 aromatic rings. The molecule has 0 aliphatic carbocycles. The molecule has 0 N–H and O–H groups in total. The van der Waals surface area contributed by atoms with Crippen LogP contribution in [0, 0.1) is 0 Å². The van der Waals surface area contributed by atoms with E-state index in [1.54, 1.807) is 6.92 Å². The van der Waals surface area contributed by atoms with E-state index in [0.717, 1.165) is 19.6 Å². The van der Waals surface area contributed by atoms with Gasteiger partial charge in [0.2, 0.25) is 0 Å². The lowest BCUT2D eigenvalue weighted by atomic mass is 10.2. The van der Waals surface area contributed by atoms with Gasteiger partial charge >= 0.3 is 5.97 Å². The van der Waals surface area contributed by atoms with Crippen molar-refractivity contribution in [3.05, 3.63) is 12.2 Å². The van der Waals surface area contributed by atoms with Gasteiger partial charge in [-0.25, -0.2) is 4.79 Å². The Morgan fingerprint density at radius 2 is 2.40 bits per heavy atom. The normalized spacial score (nSPS) is 20.6. The van der Waals surface area contributed by atoms with Crippen LogP contribution in [-0.4, -0.2) is 50.3 Å². The Kier molecular flexibility index (Phi) is 4.78. The highest BCUT2D eigenvalue weighted by atomic mass is 16.5. The van der Waals surface area contributed by atoms with Crippen LogP contribution in [0.1, 0.15) is 13.3 Å². The number of ether oxygens (including phenoxy) is 2. The average molecular weight is 213 g/mol. The van der Waals surface area contributed by atoms with Crippen LogP contribution in [0.5, 0.6) is 0 Å². The molecule has 4 nitrogen and oxygen atoms in total. The molecule has 1 saturated heterocycles. The van der Waals surface area contributed by atoms with Crippen LogP contribution in [0.25, 0.3) is 0 Å². The van der Waals surface area contributed by atoms with Gasteiger partial charge in [-0.2, -0.15) is 0 Å². The molecule has 0 amide bonds. The van der Waals surface area contributed by atoms with Crippen LogP contribution < -0.4 is 0 Å². The predicted molar refractivity (Wildman–Crippen MR) is 57.6 cm³/mol. The number of carbonyl (C=O) groups excluding carboxylic acids is 1. The van der Waals surface area contributed by atoms with E-state index in [2.05, 4.69) is 11.5 Å². The first-order valence-corrected chi connectivity index (χ1v) is 5.28. The lowest BCUT2D eigenvalue weighted by molar-refractivity contribution is -0.138. The fraction of sp³-hybridized carbons (Fsp3) is 0.727. The first kappa shape index (κ1) is 12.2. The highest BCUT2D eigenvalue weighted by Crippen LogP contribution is 2.12. The van der Waals surface area contributed by atoms with Crippen LogP contribution in [0.3, 0.4) is 0 Å². The number of hydrogen-bond donors (Lipinski definition) is 0. The summed E-state index contributed by atoms with van der Waals surface area (Å²) in [6.45, 7) is 8.01. The minimum Gasteiger partial charge on any atom is -0.463 e. The van der Waals surface area contributed by atoms with Crippen LogP contribution in [0.15, 0.2) is 12.2 Å². The van der Waals surface area contributed by atoms with Gasteiger partial charge in [-0.3, -0.25) is 4.90 Å². The van der Waals surface area contributed by atoms with Gasteiger partial charge in [0.25, 0.3) is 0 Å². The molecule has 1 rings (SSSR count). The van der Waals surface area contributed by atoms with E-state index in [1.807, 2.05) is 7.05 Å². The smallest absolute Gasteiger partial charge is 0.334 e. The van der Waals surface area contributed by atoms with Crippen molar-refractivity contribution in [2.75, 3.05) is 33.4 Å². The van der Waals surface area contributed by atoms with E-state index in [1.165, 1.54) is 0 Å². The number of nitrogens with zero attached hydrogens (tertiary/aromatic N) is 1. The molecule has 0 radical (unpaired) electrons. The first-order chi connectivity index (χ1) is 7.15. The largest absolute Gasteiger partial charge is 0.463 e. The van der Waals surface area contributed by atoms with E-state index in [4.69, 9.17) is 9.47 Å². The number of likely N-dealkylation sites (N-methyl/N-ethyl adjacent to an activating group) is 1. The lowest BCUT2D eigenvalue weighted by Crippen LogP contribution is -2.34. The summed E-state index contributed by atoms with van der Waals surface area (Å²) in [5.74, 6) is -0.303. The lowest BCUT2D eigenvalue weighted by Gasteiger charge is -2.22. The molecule has 0 bridgehead atoms. The van der Waals surface area contributed by atoms with E-state index in [-0.39, 0.29) is 5.97 Å². The summed E-state index contributed by atoms with van der Waals surface area (Å²) in [7, 11) is 1.98. The van der Waals surface area contributed by atoms with Crippen molar-refractivity contribution in [1.29, 1.82) is 0 Å². The van der Waals surface area contributed by atoms with Crippen molar-refractivity contribution >= 4 is 5.97 Å². The van der Waals surface area contributed by atoms with Gasteiger partial charge in [0.15, 0.2) is 0 Å². The summed E-state index contributed by atoms with van der Waals surface area (Å²) in [5.41, 5.74) is 0.506. The second-order valence-corrected chi connectivity index (χ2v) is 3.76. The molecule has 0 aromatic heterocycles. The van der Waals surface area contributed by atoms with Crippen LogP contribution in [-0.2, 0) is 14.3 Å². The number of hydrogen-bond acceptors (Lipinski definition) is 4. The minimum absolute atomic E-state index is 0.303. The summed E-state index contributed by atoms with van der Waals surface area (Å²) in [6, 6.07) is 0.399. The minimum atomic E-state index is -0.303. The summed E-state index contributed by atoms with van der Waals surface area (Å²) < 4.78 is 10.2. The Balaban J connectivity index is 2.33. The molecule has 1 unspecified atom stereocenters. The highest BCUT2D eigenvalue weighted by molar-refractivity contribution is 5.88. The van der Waals surface area contributed by atoms with Crippen LogP contribution >= 0.6 is 0 Å². The molecular weight excluding hydrogens is 194 g/mol. The maximum Gasteiger partial charge on any atom is 0.334 e. The summed E-state index contributed by atoms with van der Waals surface area (Å²) >= 11 is 0. The van der Waals surface area contributed by atoms with Crippen molar-refractivity contribution in [2.45, 2.75) is 19.4 Å². The van der Waals surface area contributed by atoms with Crippen molar-refractivity contribution in [1.82, 2.24) is 4.90 Å². The maximum atomic E-state index is 11.3. The third-order valence-corrected chi connectivity index (χ3v) is 2.53. The Morgan fingerprint density at radius 1 is 1.67 bits per heavy atom. The average Bonchev–Trinajstić information content (AvgIpc) is 2.70. The van der Waals surface area contributed by atoms with Crippen LogP contribution in [0.2, 0.25) is 0 Å². The second-order valence-electron chi connectivity index (χ2n) is 3.76. The fourth-order valence-corrected chi connectivity index (χ4v) is 1.60. The molecule has 1 heterocycles. The third-order valence-electron chi connectivity index (χ3n) is 2.53. The molecule has 4 heteroatoms. The Bertz CT molecular complexity index is 234. The molecule has 0 saturated carbocycles. The number of rotatable bonds is 5. The molecule has 1 aliphatic heterocycles. The van der Waals surface area contributed by atoms with E-state index in [0.29, 0.717) is 24.8 Å². The number of carbonyl (C=O) groups is 1.